The molecule has 0 bridgehead atoms. The van der Waals surface area contributed by atoms with Crippen molar-refractivity contribution in [3.63, 3.8) is 0 Å². The Morgan fingerprint density at radius 1 is 1.24 bits per heavy atom. The first kappa shape index (κ1) is 19.4. The normalized spacial score (nSPS) is 15.8. The molecule has 2 rings (SSSR count). The number of carbonyl (C=O) groups is 2. The number of thioether (sulfide) groups is 1. The van der Waals surface area contributed by atoms with Crippen LogP contribution in [0.3, 0.4) is 0 Å². The van der Waals surface area contributed by atoms with E-state index in [-0.39, 0.29) is 6.03 Å². The molecule has 2 amide bonds. The van der Waals surface area contributed by atoms with Gasteiger partial charge in [-0.05, 0) is 49.5 Å². The maximum atomic E-state index is 12.3. The monoisotopic (exact) mass is 364 g/mol. The number of carboxylic acids is 1. The van der Waals surface area contributed by atoms with Crippen LogP contribution in [0.2, 0.25) is 0 Å². The zero-order valence-electron chi connectivity index (χ0n) is 15.1. The highest BCUT2D eigenvalue weighted by Crippen LogP contribution is 2.23. The van der Waals surface area contributed by atoms with Gasteiger partial charge in [-0.25, -0.2) is 4.79 Å². The SMILES string of the molecule is CSCC[C@H](NC(=O)N1CCN(c2cccc(C)c2C)CC1)C(=O)[O-]. The van der Waals surface area contributed by atoms with E-state index in [4.69, 9.17) is 0 Å². The van der Waals surface area contributed by atoms with Gasteiger partial charge in [0.15, 0.2) is 0 Å². The molecule has 0 aliphatic carbocycles. The van der Waals surface area contributed by atoms with E-state index in [1.165, 1.54) is 16.8 Å². The van der Waals surface area contributed by atoms with Crippen LogP contribution in [-0.2, 0) is 4.79 Å². The lowest BCUT2D eigenvalue weighted by atomic mass is 10.1. The third kappa shape index (κ3) is 5.04. The van der Waals surface area contributed by atoms with E-state index in [9.17, 15) is 14.7 Å². The summed E-state index contributed by atoms with van der Waals surface area (Å²) in [6, 6.07) is 4.99. The van der Waals surface area contributed by atoms with Gasteiger partial charge in [-0.3, -0.25) is 0 Å². The van der Waals surface area contributed by atoms with Crippen molar-refractivity contribution in [2.75, 3.05) is 43.1 Å². The number of aliphatic carboxylic acids is 1. The molecule has 1 aromatic rings. The summed E-state index contributed by atoms with van der Waals surface area (Å²) in [4.78, 5) is 27.5. The summed E-state index contributed by atoms with van der Waals surface area (Å²) in [7, 11) is 0. The molecule has 7 heteroatoms. The molecular formula is C18H26N3O3S-. The minimum Gasteiger partial charge on any atom is -0.548 e. The van der Waals surface area contributed by atoms with Crippen LogP contribution < -0.4 is 15.3 Å². The van der Waals surface area contributed by atoms with Crippen molar-refractivity contribution < 1.29 is 14.7 Å². The lowest BCUT2D eigenvalue weighted by molar-refractivity contribution is -0.308. The summed E-state index contributed by atoms with van der Waals surface area (Å²) < 4.78 is 0. The second kappa shape index (κ2) is 8.99. The van der Waals surface area contributed by atoms with E-state index >= 15 is 0 Å². The van der Waals surface area contributed by atoms with E-state index in [0.717, 1.165) is 13.1 Å². The number of nitrogens with zero attached hydrogens (tertiary/aromatic N) is 2. The third-order valence-corrected chi connectivity index (χ3v) is 5.32. The standard InChI is InChI=1S/C18H27N3O3S/c1-13-5-4-6-16(14(13)2)20-8-10-21(11-9-20)18(24)19-15(17(22)23)7-12-25-3/h4-6,15H,7-12H2,1-3H3,(H,19,24)(H,22,23)/p-1/t15-/m0/s1. The zero-order chi connectivity index (χ0) is 18.4. The maximum Gasteiger partial charge on any atom is 0.318 e. The molecule has 25 heavy (non-hydrogen) atoms. The number of hydrogen-bond acceptors (Lipinski definition) is 5. The van der Waals surface area contributed by atoms with Gasteiger partial charge in [0, 0.05) is 31.9 Å². The van der Waals surface area contributed by atoms with Crippen LogP contribution in [0.1, 0.15) is 17.5 Å². The Bertz CT molecular complexity index is 616. The molecule has 1 aliphatic heterocycles. The van der Waals surface area contributed by atoms with Crippen LogP contribution in [0, 0.1) is 13.8 Å². The van der Waals surface area contributed by atoms with Crippen LogP contribution in [0.4, 0.5) is 10.5 Å². The summed E-state index contributed by atoms with van der Waals surface area (Å²) in [6.07, 6.45) is 2.28. The highest BCUT2D eigenvalue weighted by Gasteiger charge is 2.24. The predicted octanol–water partition coefficient (Wildman–Crippen LogP) is 1.01. The highest BCUT2D eigenvalue weighted by molar-refractivity contribution is 7.98. The second-order valence-corrected chi connectivity index (χ2v) is 7.28. The average molecular weight is 364 g/mol. The van der Waals surface area contributed by atoms with Gasteiger partial charge in [0.05, 0.1) is 12.0 Å². The molecule has 1 heterocycles. The lowest BCUT2D eigenvalue weighted by Gasteiger charge is -2.37. The van der Waals surface area contributed by atoms with Crippen molar-refractivity contribution in [1.29, 1.82) is 0 Å². The van der Waals surface area contributed by atoms with E-state index in [1.54, 1.807) is 16.7 Å². The number of hydrogen-bond donors (Lipinski definition) is 1. The number of anilines is 1. The Morgan fingerprint density at radius 3 is 2.52 bits per heavy atom. The average Bonchev–Trinajstić information content (AvgIpc) is 2.60. The Labute approximate surface area is 153 Å². The van der Waals surface area contributed by atoms with Crippen molar-refractivity contribution in [2.45, 2.75) is 26.3 Å². The molecule has 1 saturated heterocycles. The van der Waals surface area contributed by atoms with Gasteiger partial charge in [-0.2, -0.15) is 11.8 Å². The highest BCUT2D eigenvalue weighted by atomic mass is 32.2. The molecule has 1 aromatic carbocycles. The van der Waals surface area contributed by atoms with Gasteiger partial charge in [0.1, 0.15) is 0 Å². The summed E-state index contributed by atoms with van der Waals surface area (Å²) >= 11 is 1.55. The number of urea groups is 1. The Balaban J connectivity index is 1.91. The quantitative estimate of drug-likeness (QED) is 0.815. The number of rotatable bonds is 6. The van der Waals surface area contributed by atoms with Crippen molar-refractivity contribution in [1.82, 2.24) is 10.2 Å². The minimum atomic E-state index is -1.23. The molecule has 1 aliphatic rings. The first-order valence-corrected chi connectivity index (χ1v) is 9.89. The van der Waals surface area contributed by atoms with Crippen LogP contribution >= 0.6 is 11.8 Å². The first-order valence-electron chi connectivity index (χ1n) is 8.50. The zero-order valence-corrected chi connectivity index (χ0v) is 15.9. The summed E-state index contributed by atoms with van der Waals surface area (Å²) in [5.74, 6) is -0.560. The molecule has 1 atom stereocenters. The number of benzene rings is 1. The van der Waals surface area contributed by atoms with Crippen LogP contribution in [0.15, 0.2) is 18.2 Å². The van der Waals surface area contributed by atoms with Gasteiger partial charge < -0.3 is 25.0 Å². The van der Waals surface area contributed by atoms with E-state index < -0.39 is 12.0 Å². The molecule has 0 spiro atoms. The fourth-order valence-corrected chi connectivity index (χ4v) is 3.43. The van der Waals surface area contributed by atoms with Crippen molar-refractivity contribution in [2.24, 2.45) is 0 Å². The fraction of sp³-hybridized carbons (Fsp3) is 0.556. The van der Waals surface area contributed by atoms with Crippen LogP contribution in [0.25, 0.3) is 0 Å². The molecule has 6 nitrogen and oxygen atoms in total. The number of aryl methyl sites for hydroxylation is 1. The predicted molar refractivity (Wildman–Crippen MR) is 100 cm³/mol. The molecule has 0 saturated carbocycles. The topological polar surface area (TPSA) is 75.7 Å². The minimum absolute atomic E-state index is 0.323. The van der Waals surface area contributed by atoms with Crippen LogP contribution in [-0.4, -0.2) is 61.1 Å². The van der Waals surface area contributed by atoms with Crippen molar-refractivity contribution in [3.8, 4) is 0 Å². The van der Waals surface area contributed by atoms with Gasteiger partial charge in [0.2, 0.25) is 0 Å². The molecule has 138 valence electrons. The summed E-state index contributed by atoms with van der Waals surface area (Å²) in [6.45, 7) is 6.82. The van der Waals surface area contributed by atoms with Crippen molar-refractivity contribution >= 4 is 29.4 Å². The summed E-state index contributed by atoms with van der Waals surface area (Å²) in [5, 5.41) is 13.8. The third-order valence-electron chi connectivity index (χ3n) is 4.68. The number of nitrogens with one attached hydrogen (secondary N) is 1. The van der Waals surface area contributed by atoms with E-state index in [0.29, 0.717) is 25.3 Å². The van der Waals surface area contributed by atoms with Crippen LogP contribution in [0.5, 0.6) is 0 Å². The fourth-order valence-electron chi connectivity index (χ4n) is 2.95. The van der Waals surface area contributed by atoms with Gasteiger partial charge >= 0.3 is 6.03 Å². The largest absolute Gasteiger partial charge is 0.548 e. The molecule has 0 unspecified atom stereocenters. The Hall–Kier alpha value is -1.89. The number of carbonyl (C=O) groups excluding carboxylic acids is 2. The maximum absolute atomic E-state index is 12.3. The number of amides is 2. The number of piperazine rings is 1. The molecule has 0 aromatic heterocycles. The molecule has 0 radical (unpaired) electrons. The smallest absolute Gasteiger partial charge is 0.318 e. The molecule has 1 N–H and O–H groups in total. The first-order chi connectivity index (χ1) is 11.9. The van der Waals surface area contributed by atoms with Crippen molar-refractivity contribution in [3.05, 3.63) is 29.3 Å². The van der Waals surface area contributed by atoms with Gasteiger partial charge in [-0.1, -0.05) is 12.1 Å². The van der Waals surface area contributed by atoms with Gasteiger partial charge in [-0.15, -0.1) is 0 Å². The van der Waals surface area contributed by atoms with E-state index in [2.05, 4.69) is 36.2 Å². The van der Waals surface area contributed by atoms with Gasteiger partial charge in [0.25, 0.3) is 0 Å². The molecular weight excluding hydrogens is 338 g/mol. The number of carboxylic acid groups (broad SMARTS) is 1. The summed E-state index contributed by atoms with van der Waals surface area (Å²) in [5.41, 5.74) is 3.71. The lowest BCUT2D eigenvalue weighted by Crippen LogP contribution is -2.56. The van der Waals surface area contributed by atoms with E-state index in [1.807, 2.05) is 12.3 Å². The Kier molecular flexibility index (Phi) is 6.99. The molecule has 1 fully saturated rings. The second-order valence-electron chi connectivity index (χ2n) is 6.30. The Morgan fingerprint density at radius 2 is 1.92 bits per heavy atom.